The molecule has 0 bridgehead atoms. The van der Waals surface area contributed by atoms with Crippen molar-refractivity contribution in [1.29, 1.82) is 0 Å². The van der Waals surface area contributed by atoms with E-state index >= 15 is 0 Å². The van der Waals surface area contributed by atoms with Gasteiger partial charge in [-0.2, -0.15) is 27.8 Å². The molecule has 0 fully saturated rings. The van der Waals surface area contributed by atoms with E-state index in [1.807, 2.05) is 0 Å². The SMILES string of the molecule is Cc1cc(N(CCO)CC(F)(F)F)n2ncnc2n1. The van der Waals surface area contributed by atoms with Gasteiger partial charge in [0.25, 0.3) is 5.78 Å². The van der Waals surface area contributed by atoms with Crippen LogP contribution in [0.25, 0.3) is 5.78 Å². The lowest BCUT2D eigenvalue weighted by molar-refractivity contribution is -0.120. The highest BCUT2D eigenvalue weighted by Crippen LogP contribution is 2.22. The molecule has 2 heterocycles. The molecular weight excluding hydrogens is 263 g/mol. The Hall–Kier alpha value is -1.90. The van der Waals surface area contributed by atoms with Crippen LogP contribution in [-0.4, -0.2) is 50.6 Å². The third-order valence-corrected chi connectivity index (χ3v) is 2.43. The highest BCUT2D eigenvalue weighted by atomic mass is 19.4. The zero-order valence-corrected chi connectivity index (χ0v) is 10.1. The second kappa shape index (κ2) is 5.00. The molecule has 0 aliphatic carbocycles. The fourth-order valence-corrected chi connectivity index (χ4v) is 1.75. The maximum Gasteiger partial charge on any atom is 0.405 e. The minimum atomic E-state index is -4.38. The molecule has 2 rings (SSSR count). The Labute approximate surface area is 106 Å². The molecule has 0 saturated carbocycles. The quantitative estimate of drug-likeness (QED) is 0.893. The van der Waals surface area contributed by atoms with E-state index in [-0.39, 0.29) is 18.1 Å². The second-order valence-corrected chi connectivity index (χ2v) is 3.99. The number of aromatic nitrogens is 4. The van der Waals surface area contributed by atoms with Gasteiger partial charge in [-0.05, 0) is 6.92 Å². The predicted octanol–water partition coefficient (Wildman–Crippen LogP) is 0.794. The van der Waals surface area contributed by atoms with Crippen LogP contribution in [0.3, 0.4) is 0 Å². The Morgan fingerprint density at radius 1 is 1.42 bits per heavy atom. The first kappa shape index (κ1) is 13.5. The standard InChI is InChI=1S/C10H12F3N5O/c1-7-4-8(18-9(16-7)14-6-15-18)17(2-3-19)5-10(11,12)13/h4,6,19H,2-3,5H2,1H3. The van der Waals surface area contributed by atoms with Gasteiger partial charge < -0.3 is 10.0 Å². The van der Waals surface area contributed by atoms with E-state index in [9.17, 15) is 13.2 Å². The summed E-state index contributed by atoms with van der Waals surface area (Å²) in [6.45, 7) is -0.0690. The Morgan fingerprint density at radius 2 is 2.16 bits per heavy atom. The maximum atomic E-state index is 12.6. The lowest BCUT2D eigenvalue weighted by atomic mass is 10.3. The van der Waals surface area contributed by atoms with Gasteiger partial charge in [0.1, 0.15) is 18.7 Å². The summed E-state index contributed by atoms with van der Waals surface area (Å²) in [4.78, 5) is 8.90. The third-order valence-electron chi connectivity index (χ3n) is 2.43. The van der Waals surface area contributed by atoms with Crippen LogP contribution in [0.5, 0.6) is 0 Å². The number of fused-ring (bicyclic) bond motifs is 1. The number of halogens is 3. The van der Waals surface area contributed by atoms with Crippen molar-refractivity contribution in [2.24, 2.45) is 0 Å². The van der Waals surface area contributed by atoms with Gasteiger partial charge in [0.15, 0.2) is 0 Å². The van der Waals surface area contributed by atoms with Gasteiger partial charge in [-0.1, -0.05) is 0 Å². The molecule has 2 aromatic rings. The molecule has 0 atom stereocenters. The molecule has 19 heavy (non-hydrogen) atoms. The summed E-state index contributed by atoms with van der Waals surface area (Å²) < 4.78 is 38.9. The molecule has 0 spiro atoms. The number of rotatable bonds is 4. The lowest BCUT2D eigenvalue weighted by Crippen LogP contribution is -2.37. The Kier molecular flexibility index (Phi) is 3.56. The van der Waals surface area contributed by atoms with Crippen molar-refractivity contribution in [3.05, 3.63) is 18.1 Å². The minimum absolute atomic E-state index is 0.155. The van der Waals surface area contributed by atoms with E-state index in [1.54, 1.807) is 6.92 Å². The molecule has 0 saturated heterocycles. The summed E-state index contributed by atoms with van der Waals surface area (Å²) in [5.41, 5.74) is 0.528. The zero-order valence-electron chi connectivity index (χ0n) is 10.1. The van der Waals surface area contributed by atoms with Crippen molar-refractivity contribution in [2.75, 3.05) is 24.6 Å². The summed E-state index contributed by atoms with van der Waals surface area (Å²) in [6, 6.07) is 1.48. The van der Waals surface area contributed by atoms with Crippen molar-refractivity contribution in [2.45, 2.75) is 13.1 Å². The van der Waals surface area contributed by atoms with Crippen LogP contribution < -0.4 is 4.90 Å². The molecular formula is C10H12F3N5O. The van der Waals surface area contributed by atoms with E-state index in [1.165, 1.54) is 16.9 Å². The molecule has 0 unspecified atom stereocenters. The van der Waals surface area contributed by atoms with Crippen LogP contribution in [0.2, 0.25) is 0 Å². The number of aryl methyl sites for hydroxylation is 1. The van der Waals surface area contributed by atoms with Gasteiger partial charge in [0, 0.05) is 18.3 Å². The van der Waals surface area contributed by atoms with Crippen molar-refractivity contribution in [1.82, 2.24) is 19.6 Å². The Morgan fingerprint density at radius 3 is 2.79 bits per heavy atom. The molecule has 0 amide bonds. The highest BCUT2D eigenvalue weighted by molar-refractivity contribution is 5.47. The summed E-state index contributed by atoms with van der Waals surface area (Å²) in [5, 5.41) is 12.8. The van der Waals surface area contributed by atoms with Crippen molar-refractivity contribution < 1.29 is 18.3 Å². The average molecular weight is 275 g/mol. The normalized spacial score (nSPS) is 12.1. The van der Waals surface area contributed by atoms with E-state index in [2.05, 4.69) is 15.1 Å². The summed E-state index contributed by atoms with van der Waals surface area (Å²) >= 11 is 0. The Balaban J connectivity index is 2.45. The van der Waals surface area contributed by atoms with Crippen molar-refractivity contribution in [3.8, 4) is 0 Å². The molecule has 9 heteroatoms. The van der Waals surface area contributed by atoms with E-state index in [0.717, 1.165) is 4.90 Å². The van der Waals surface area contributed by atoms with Gasteiger partial charge in [-0.25, -0.2) is 4.98 Å². The zero-order chi connectivity index (χ0) is 14.0. The first-order valence-corrected chi connectivity index (χ1v) is 5.50. The molecule has 0 aromatic carbocycles. The number of hydrogen-bond acceptors (Lipinski definition) is 5. The smallest absolute Gasteiger partial charge is 0.395 e. The number of anilines is 1. The van der Waals surface area contributed by atoms with Crippen molar-refractivity contribution in [3.63, 3.8) is 0 Å². The van der Waals surface area contributed by atoms with Crippen LogP contribution in [0, 0.1) is 6.92 Å². The molecule has 0 aliphatic heterocycles. The van der Waals surface area contributed by atoms with Crippen LogP contribution in [0.15, 0.2) is 12.4 Å². The number of hydrogen-bond donors (Lipinski definition) is 1. The monoisotopic (exact) mass is 275 g/mol. The van der Waals surface area contributed by atoms with Gasteiger partial charge >= 0.3 is 6.18 Å². The third kappa shape index (κ3) is 3.11. The fraction of sp³-hybridized carbons (Fsp3) is 0.500. The molecule has 6 nitrogen and oxygen atoms in total. The Bertz CT molecular complexity index is 568. The molecule has 1 N–H and O–H groups in total. The second-order valence-electron chi connectivity index (χ2n) is 3.99. The molecule has 104 valence electrons. The van der Waals surface area contributed by atoms with Gasteiger partial charge in [0.05, 0.1) is 6.61 Å². The topological polar surface area (TPSA) is 66.5 Å². The van der Waals surface area contributed by atoms with E-state index < -0.39 is 19.3 Å². The average Bonchev–Trinajstić information content (AvgIpc) is 2.73. The van der Waals surface area contributed by atoms with Crippen LogP contribution in [0.4, 0.5) is 19.0 Å². The number of aliphatic hydroxyl groups is 1. The summed E-state index contributed by atoms with van der Waals surface area (Å²) in [6.07, 6.45) is -3.16. The first-order chi connectivity index (χ1) is 8.90. The van der Waals surface area contributed by atoms with Gasteiger partial charge in [-0.15, -0.1) is 0 Å². The summed E-state index contributed by atoms with van der Waals surface area (Å²) in [7, 11) is 0. The highest BCUT2D eigenvalue weighted by Gasteiger charge is 2.31. The van der Waals surface area contributed by atoms with Gasteiger partial charge in [0.2, 0.25) is 0 Å². The van der Waals surface area contributed by atoms with E-state index in [4.69, 9.17) is 5.11 Å². The van der Waals surface area contributed by atoms with Crippen LogP contribution >= 0.6 is 0 Å². The van der Waals surface area contributed by atoms with Crippen LogP contribution in [0.1, 0.15) is 5.69 Å². The van der Waals surface area contributed by atoms with Crippen molar-refractivity contribution >= 4 is 11.6 Å². The number of alkyl halides is 3. The van der Waals surface area contributed by atoms with Crippen LogP contribution in [-0.2, 0) is 0 Å². The minimum Gasteiger partial charge on any atom is -0.395 e. The van der Waals surface area contributed by atoms with E-state index in [0.29, 0.717) is 5.69 Å². The maximum absolute atomic E-state index is 12.6. The fourth-order valence-electron chi connectivity index (χ4n) is 1.75. The largest absolute Gasteiger partial charge is 0.405 e. The molecule has 2 aromatic heterocycles. The summed E-state index contributed by atoms with van der Waals surface area (Å²) in [5.74, 6) is 0.423. The number of aliphatic hydroxyl groups excluding tert-OH is 1. The van der Waals surface area contributed by atoms with Gasteiger partial charge in [-0.3, -0.25) is 0 Å². The predicted molar refractivity (Wildman–Crippen MR) is 60.9 cm³/mol. The number of nitrogens with zero attached hydrogens (tertiary/aromatic N) is 5. The molecule has 0 radical (unpaired) electrons. The molecule has 0 aliphatic rings. The first-order valence-electron chi connectivity index (χ1n) is 5.50. The lowest BCUT2D eigenvalue weighted by Gasteiger charge is -2.25.